The van der Waals surface area contributed by atoms with Crippen LogP contribution in [0.15, 0.2) is 24.3 Å². The van der Waals surface area contributed by atoms with Crippen molar-refractivity contribution in [2.75, 3.05) is 26.7 Å². The second-order valence-electron chi connectivity index (χ2n) is 11.4. The van der Waals surface area contributed by atoms with Crippen LogP contribution in [0, 0.1) is 11.8 Å². The van der Waals surface area contributed by atoms with Gasteiger partial charge in [0.2, 0.25) is 5.82 Å². The van der Waals surface area contributed by atoms with Crippen LogP contribution in [0.5, 0.6) is 0 Å². The van der Waals surface area contributed by atoms with Crippen molar-refractivity contribution < 1.29 is 23.9 Å². The fraction of sp³-hybridized carbons (Fsp3) is 0.630. The lowest BCUT2D eigenvalue weighted by Gasteiger charge is -2.42. The Bertz CT molecular complexity index is 1130. The van der Waals surface area contributed by atoms with E-state index in [2.05, 4.69) is 18.4 Å². The van der Waals surface area contributed by atoms with Gasteiger partial charge in [0, 0.05) is 25.7 Å². The molecule has 2 fully saturated rings. The maximum absolute atomic E-state index is 14.1. The zero-order valence-electron chi connectivity index (χ0n) is 22.2. The molecule has 4 rings (SSSR count). The zero-order valence-corrected chi connectivity index (χ0v) is 22.2. The fourth-order valence-corrected chi connectivity index (χ4v) is 4.93. The molecule has 2 aliphatic rings. The molecule has 196 valence electrons. The number of amides is 2. The first-order chi connectivity index (χ1) is 17.0. The molecule has 2 heterocycles. The molecule has 1 saturated carbocycles. The molecule has 0 unspecified atom stereocenters. The Morgan fingerprint density at radius 1 is 1.14 bits per heavy atom. The molecule has 0 N–H and O–H groups in total. The van der Waals surface area contributed by atoms with Crippen LogP contribution in [-0.4, -0.2) is 75.7 Å². The highest BCUT2D eigenvalue weighted by molar-refractivity contribution is 5.95. The minimum absolute atomic E-state index is 0.175. The van der Waals surface area contributed by atoms with Gasteiger partial charge >= 0.3 is 12.1 Å². The predicted molar refractivity (Wildman–Crippen MR) is 136 cm³/mol. The number of aromatic nitrogens is 2. The Kier molecular flexibility index (Phi) is 7.29. The topological polar surface area (TPSA) is 94.0 Å². The number of likely N-dealkylation sites (tertiary alicyclic amines) is 1. The van der Waals surface area contributed by atoms with Gasteiger partial charge in [0.05, 0.1) is 30.1 Å². The highest BCUT2D eigenvalue weighted by atomic mass is 16.6. The van der Waals surface area contributed by atoms with E-state index in [9.17, 15) is 14.4 Å². The molecule has 1 saturated heterocycles. The number of carbonyl (C=O) groups is 3. The van der Waals surface area contributed by atoms with Crippen molar-refractivity contribution in [2.24, 2.45) is 11.8 Å². The Morgan fingerprint density at radius 3 is 2.44 bits per heavy atom. The minimum Gasteiger partial charge on any atom is -0.469 e. The third-order valence-corrected chi connectivity index (χ3v) is 6.58. The average Bonchev–Trinajstić information content (AvgIpc) is 3.59. The van der Waals surface area contributed by atoms with Gasteiger partial charge in [-0.15, -0.1) is 0 Å². The fourth-order valence-electron chi connectivity index (χ4n) is 4.93. The molecule has 0 spiro atoms. The summed E-state index contributed by atoms with van der Waals surface area (Å²) in [6.45, 7) is 10.5. The van der Waals surface area contributed by atoms with Gasteiger partial charge in [-0.2, -0.15) is 0 Å². The van der Waals surface area contributed by atoms with Gasteiger partial charge in [0.25, 0.3) is 5.91 Å². The van der Waals surface area contributed by atoms with Crippen LogP contribution < -0.4 is 0 Å². The van der Waals surface area contributed by atoms with E-state index in [1.54, 1.807) is 25.7 Å². The first-order valence-corrected chi connectivity index (χ1v) is 12.8. The van der Waals surface area contributed by atoms with Gasteiger partial charge in [-0.1, -0.05) is 26.0 Å². The second-order valence-corrected chi connectivity index (χ2v) is 11.4. The number of rotatable bonds is 6. The molecule has 1 aromatic heterocycles. The number of esters is 1. The SMILES string of the molecule is COC(=O)[C@@H]1C[C@H](N(CC(C)C)C(=O)c2nc3ccccc3n2C2CC2)CN(C(=O)OC(C)(C)C)C1. The van der Waals surface area contributed by atoms with Gasteiger partial charge in [-0.05, 0) is 58.1 Å². The number of nitrogens with zero attached hydrogens (tertiary/aromatic N) is 4. The van der Waals surface area contributed by atoms with Crippen LogP contribution in [0.25, 0.3) is 11.0 Å². The summed E-state index contributed by atoms with van der Waals surface area (Å²) in [6, 6.07) is 7.71. The number of fused-ring (bicyclic) bond motifs is 1. The van der Waals surface area contributed by atoms with Crippen molar-refractivity contribution in [2.45, 2.75) is 71.6 Å². The monoisotopic (exact) mass is 498 g/mol. The van der Waals surface area contributed by atoms with E-state index in [0.717, 1.165) is 23.9 Å². The summed E-state index contributed by atoms with van der Waals surface area (Å²) in [5, 5.41) is 0. The second kappa shape index (κ2) is 10.1. The van der Waals surface area contributed by atoms with Crippen molar-refractivity contribution in [3.63, 3.8) is 0 Å². The molecule has 2 atom stereocenters. The van der Waals surface area contributed by atoms with E-state index in [-0.39, 0.29) is 37.0 Å². The lowest BCUT2D eigenvalue weighted by Crippen LogP contribution is -2.57. The van der Waals surface area contributed by atoms with Gasteiger partial charge in [0.1, 0.15) is 5.60 Å². The summed E-state index contributed by atoms with van der Waals surface area (Å²) < 4.78 is 12.7. The number of hydrogen-bond acceptors (Lipinski definition) is 6. The van der Waals surface area contributed by atoms with Crippen molar-refractivity contribution in [1.29, 1.82) is 0 Å². The molecule has 9 nitrogen and oxygen atoms in total. The predicted octanol–water partition coefficient (Wildman–Crippen LogP) is 4.27. The summed E-state index contributed by atoms with van der Waals surface area (Å²) in [4.78, 5) is 47.8. The number of ether oxygens (including phenoxy) is 2. The van der Waals surface area contributed by atoms with Gasteiger partial charge in [0.15, 0.2) is 0 Å². The van der Waals surface area contributed by atoms with E-state index in [1.807, 2.05) is 24.3 Å². The number of methoxy groups -OCH3 is 1. The molecular weight excluding hydrogens is 460 g/mol. The third-order valence-electron chi connectivity index (χ3n) is 6.58. The summed E-state index contributed by atoms with van der Waals surface area (Å²) in [7, 11) is 1.35. The van der Waals surface area contributed by atoms with Crippen LogP contribution in [-0.2, 0) is 14.3 Å². The van der Waals surface area contributed by atoms with Crippen molar-refractivity contribution in [3.8, 4) is 0 Å². The Labute approximate surface area is 212 Å². The third kappa shape index (κ3) is 5.65. The molecule has 2 aromatic rings. The van der Waals surface area contributed by atoms with Crippen LogP contribution in [0.2, 0.25) is 0 Å². The number of imidazole rings is 1. The van der Waals surface area contributed by atoms with Crippen LogP contribution in [0.3, 0.4) is 0 Å². The molecule has 9 heteroatoms. The minimum atomic E-state index is -0.673. The number of carbonyl (C=O) groups excluding carboxylic acids is 3. The highest BCUT2D eigenvalue weighted by Crippen LogP contribution is 2.39. The van der Waals surface area contributed by atoms with Crippen molar-refractivity contribution >= 4 is 29.0 Å². The van der Waals surface area contributed by atoms with Crippen LogP contribution >= 0.6 is 0 Å². The molecule has 36 heavy (non-hydrogen) atoms. The van der Waals surface area contributed by atoms with Gasteiger partial charge < -0.3 is 23.8 Å². The van der Waals surface area contributed by atoms with E-state index < -0.39 is 23.6 Å². The van der Waals surface area contributed by atoms with E-state index >= 15 is 0 Å². The maximum atomic E-state index is 14.1. The molecule has 0 radical (unpaired) electrons. The molecule has 1 aliphatic heterocycles. The molecule has 0 bridgehead atoms. The molecule has 2 amide bonds. The summed E-state index contributed by atoms with van der Waals surface area (Å²) in [5.41, 5.74) is 1.08. The lowest BCUT2D eigenvalue weighted by molar-refractivity contribution is -0.148. The number of piperidine rings is 1. The first-order valence-electron chi connectivity index (χ1n) is 12.8. The Hall–Kier alpha value is -3.10. The lowest BCUT2D eigenvalue weighted by atomic mass is 9.92. The van der Waals surface area contributed by atoms with Crippen LogP contribution in [0.4, 0.5) is 4.79 Å². The molecular formula is C27H38N4O5. The Morgan fingerprint density at radius 2 is 1.83 bits per heavy atom. The first kappa shape index (κ1) is 26.0. The largest absolute Gasteiger partial charge is 0.469 e. The average molecular weight is 499 g/mol. The summed E-state index contributed by atoms with van der Waals surface area (Å²) in [6.07, 6.45) is 1.95. The quantitative estimate of drug-likeness (QED) is 0.552. The smallest absolute Gasteiger partial charge is 0.410 e. The molecule has 1 aliphatic carbocycles. The van der Waals surface area contributed by atoms with Crippen molar-refractivity contribution in [3.05, 3.63) is 30.1 Å². The van der Waals surface area contributed by atoms with Crippen LogP contribution in [0.1, 0.15) is 70.5 Å². The van der Waals surface area contributed by atoms with Gasteiger partial charge in [-0.3, -0.25) is 9.59 Å². The highest BCUT2D eigenvalue weighted by Gasteiger charge is 2.41. The molecule has 1 aromatic carbocycles. The van der Waals surface area contributed by atoms with E-state index in [1.165, 1.54) is 12.0 Å². The maximum Gasteiger partial charge on any atom is 0.410 e. The standard InChI is InChI=1S/C27H38N4O5/c1-17(2)14-30(24(32)23-28-21-9-7-8-10-22(21)31(23)19-11-12-19)20-13-18(25(33)35-6)15-29(16-20)26(34)36-27(3,4)5/h7-10,17-20H,11-16H2,1-6H3/t18-,20+/m1/s1. The number of para-hydroxylation sites is 2. The summed E-state index contributed by atoms with van der Waals surface area (Å²) >= 11 is 0. The van der Waals surface area contributed by atoms with E-state index in [4.69, 9.17) is 14.5 Å². The zero-order chi connectivity index (χ0) is 26.2. The van der Waals surface area contributed by atoms with E-state index in [0.29, 0.717) is 18.8 Å². The van der Waals surface area contributed by atoms with Crippen molar-refractivity contribution in [1.82, 2.24) is 19.4 Å². The number of benzene rings is 1. The number of hydrogen-bond donors (Lipinski definition) is 0. The Balaban J connectivity index is 1.69. The summed E-state index contributed by atoms with van der Waals surface area (Å²) in [5.74, 6) is -0.516. The van der Waals surface area contributed by atoms with Gasteiger partial charge in [-0.25, -0.2) is 9.78 Å². The normalized spacial score (nSPS) is 20.5.